The summed E-state index contributed by atoms with van der Waals surface area (Å²) in [5.41, 5.74) is 3.52. The number of nitrogens with one attached hydrogen (secondary N) is 2. The molecule has 1 aliphatic heterocycles. The number of amides is 2. The van der Waals surface area contributed by atoms with Crippen molar-refractivity contribution in [2.24, 2.45) is 11.8 Å². The molecule has 0 spiro atoms. The van der Waals surface area contributed by atoms with Crippen molar-refractivity contribution in [1.29, 1.82) is 5.41 Å². The van der Waals surface area contributed by atoms with Crippen LogP contribution in [0.1, 0.15) is 80.1 Å². The number of carbonyl (C=O) groups excluding carboxylic acids is 2. The summed E-state index contributed by atoms with van der Waals surface area (Å²) in [5, 5.41) is 21.8. The smallest absolute Gasteiger partial charge is 0.306 e. The van der Waals surface area contributed by atoms with Gasteiger partial charge in [-0.3, -0.25) is 14.4 Å². The molecule has 0 aromatic heterocycles. The summed E-state index contributed by atoms with van der Waals surface area (Å²) in [6.45, 7) is 3.06. The SMILES string of the molecule is COC1(C)CN(C(=O)C2CCC(C(=N)C3=CCC(C(=O)O)CC3)=C(NC(=O)c3c(Cl)cccc3C3CC3)C2)C1. The molecule has 9 heteroatoms. The second-order valence-electron chi connectivity index (χ2n) is 11.6. The van der Waals surface area contributed by atoms with Gasteiger partial charge in [-0.1, -0.05) is 29.8 Å². The third kappa shape index (κ3) is 5.68. The Balaban J connectivity index is 1.41. The molecule has 39 heavy (non-hydrogen) atoms. The van der Waals surface area contributed by atoms with E-state index in [0.717, 1.165) is 29.6 Å². The van der Waals surface area contributed by atoms with Crippen LogP contribution in [0.5, 0.6) is 0 Å². The highest BCUT2D eigenvalue weighted by Gasteiger charge is 2.44. The molecule has 8 nitrogen and oxygen atoms in total. The van der Waals surface area contributed by atoms with E-state index in [2.05, 4.69) is 5.32 Å². The fourth-order valence-electron chi connectivity index (χ4n) is 6.05. The molecule has 1 heterocycles. The Morgan fingerprint density at radius 2 is 1.85 bits per heavy atom. The minimum Gasteiger partial charge on any atom is -0.481 e. The summed E-state index contributed by atoms with van der Waals surface area (Å²) in [6, 6.07) is 5.53. The molecule has 208 valence electrons. The number of methoxy groups -OCH3 is 1. The summed E-state index contributed by atoms with van der Waals surface area (Å²) in [5.74, 6) is -1.49. The van der Waals surface area contributed by atoms with E-state index in [-0.39, 0.29) is 23.3 Å². The minimum atomic E-state index is -0.815. The fraction of sp³-hybridized carbons (Fsp3) is 0.533. The van der Waals surface area contributed by atoms with Crippen LogP contribution in [0.3, 0.4) is 0 Å². The molecule has 0 radical (unpaired) electrons. The Labute approximate surface area is 233 Å². The molecule has 1 aromatic rings. The van der Waals surface area contributed by atoms with Crippen molar-refractivity contribution in [3.63, 3.8) is 0 Å². The summed E-state index contributed by atoms with van der Waals surface area (Å²) < 4.78 is 5.51. The van der Waals surface area contributed by atoms with Crippen LogP contribution in [0.25, 0.3) is 0 Å². The molecule has 2 atom stereocenters. The first-order valence-corrected chi connectivity index (χ1v) is 14.1. The quantitative estimate of drug-likeness (QED) is 0.388. The standard InChI is InChI=1S/C30H36ClN3O5/c1-30(39-2)15-34(16-30)28(36)20-12-13-22(26(32)18-8-10-19(11-9-18)29(37)38)24(14-20)33-27(35)25-21(17-6-7-17)4-3-5-23(25)31/h3-5,8,17,19-20,32H,6-7,9-16H2,1-2H3,(H,33,35)(H,37,38). The van der Waals surface area contributed by atoms with Gasteiger partial charge in [0.2, 0.25) is 5.91 Å². The highest BCUT2D eigenvalue weighted by Crippen LogP contribution is 2.43. The maximum Gasteiger partial charge on any atom is 0.306 e. The van der Waals surface area contributed by atoms with E-state index < -0.39 is 11.9 Å². The van der Waals surface area contributed by atoms with Gasteiger partial charge in [0.15, 0.2) is 0 Å². The van der Waals surface area contributed by atoms with Gasteiger partial charge >= 0.3 is 5.97 Å². The number of hydrogen-bond acceptors (Lipinski definition) is 5. The lowest BCUT2D eigenvalue weighted by Gasteiger charge is -2.48. The lowest BCUT2D eigenvalue weighted by Crippen LogP contribution is -2.63. The Hall–Kier alpha value is -2.97. The van der Waals surface area contributed by atoms with E-state index in [1.54, 1.807) is 18.1 Å². The monoisotopic (exact) mass is 553 g/mol. The third-order valence-corrected chi connectivity index (χ3v) is 9.01. The number of rotatable bonds is 8. The van der Waals surface area contributed by atoms with Gasteiger partial charge in [0.05, 0.1) is 40.9 Å². The number of allylic oxidation sites excluding steroid dienone is 4. The second kappa shape index (κ2) is 10.9. The fourth-order valence-corrected chi connectivity index (χ4v) is 6.32. The van der Waals surface area contributed by atoms with Gasteiger partial charge in [-0.05, 0) is 87.0 Å². The van der Waals surface area contributed by atoms with E-state index in [1.165, 1.54) is 0 Å². The molecule has 3 N–H and O–H groups in total. The topological polar surface area (TPSA) is 120 Å². The lowest BCUT2D eigenvalue weighted by molar-refractivity contribution is -0.162. The lowest BCUT2D eigenvalue weighted by atomic mass is 9.79. The average Bonchev–Trinajstić information content (AvgIpc) is 3.76. The van der Waals surface area contributed by atoms with Gasteiger partial charge in [-0.15, -0.1) is 0 Å². The highest BCUT2D eigenvalue weighted by molar-refractivity contribution is 6.34. The van der Waals surface area contributed by atoms with Crippen molar-refractivity contribution >= 4 is 35.1 Å². The van der Waals surface area contributed by atoms with Crippen molar-refractivity contribution in [3.8, 4) is 0 Å². The molecular weight excluding hydrogens is 518 g/mol. The summed E-state index contributed by atoms with van der Waals surface area (Å²) in [7, 11) is 1.65. The van der Waals surface area contributed by atoms with Gasteiger partial charge in [-0.25, -0.2) is 0 Å². The number of halogens is 1. The molecule has 1 saturated carbocycles. The second-order valence-corrected chi connectivity index (χ2v) is 12.0. The van der Waals surface area contributed by atoms with Crippen LogP contribution < -0.4 is 5.32 Å². The summed E-state index contributed by atoms with van der Waals surface area (Å²) in [4.78, 5) is 40.2. The van der Waals surface area contributed by atoms with Crippen LogP contribution in [-0.4, -0.2) is 59.3 Å². The predicted molar refractivity (Wildman–Crippen MR) is 148 cm³/mol. The Kier molecular flexibility index (Phi) is 7.71. The number of carboxylic acid groups (broad SMARTS) is 1. The first-order chi connectivity index (χ1) is 18.6. The Morgan fingerprint density at radius 3 is 2.46 bits per heavy atom. The van der Waals surface area contributed by atoms with Gasteiger partial charge in [0.25, 0.3) is 5.91 Å². The number of hydrogen-bond donors (Lipinski definition) is 3. The van der Waals surface area contributed by atoms with Gasteiger partial charge in [-0.2, -0.15) is 0 Å². The highest BCUT2D eigenvalue weighted by atomic mass is 35.5. The van der Waals surface area contributed by atoms with Gasteiger partial charge < -0.3 is 25.5 Å². The van der Waals surface area contributed by atoms with Gasteiger partial charge in [0.1, 0.15) is 0 Å². The van der Waals surface area contributed by atoms with E-state index >= 15 is 0 Å². The molecule has 2 unspecified atom stereocenters. The van der Waals surface area contributed by atoms with E-state index in [1.807, 2.05) is 25.1 Å². The molecule has 4 aliphatic rings. The molecule has 5 rings (SSSR count). The van der Waals surface area contributed by atoms with E-state index in [4.69, 9.17) is 21.7 Å². The molecule has 2 amide bonds. The van der Waals surface area contributed by atoms with Crippen molar-refractivity contribution in [2.45, 2.75) is 69.8 Å². The largest absolute Gasteiger partial charge is 0.481 e. The normalized spacial score (nSPS) is 24.5. The number of nitrogens with zero attached hydrogens (tertiary/aromatic N) is 1. The minimum absolute atomic E-state index is 0.0412. The molecular formula is C30H36ClN3O5. The summed E-state index contributed by atoms with van der Waals surface area (Å²) in [6.07, 6.45) is 6.67. The molecule has 0 bridgehead atoms. The van der Waals surface area contributed by atoms with Crippen LogP contribution in [-0.2, 0) is 14.3 Å². The predicted octanol–water partition coefficient (Wildman–Crippen LogP) is 5.08. The van der Waals surface area contributed by atoms with Crippen LogP contribution in [0.4, 0.5) is 0 Å². The maximum absolute atomic E-state index is 13.7. The first-order valence-electron chi connectivity index (χ1n) is 13.8. The zero-order valence-electron chi connectivity index (χ0n) is 22.5. The molecule has 3 aliphatic carbocycles. The van der Waals surface area contributed by atoms with Crippen molar-refractivity contribution < 1.29 is 24.2 Å². The van der Waals surface area contributed by atoms with Crippen molar-refractivity contribution in [1.82, 2.24) is 10.2 Å². The van der Waals surface area contributed by atoms with E-state index in [9.17, 15) is 19.5 Å². The van der Waals surface area contributed by atoms with Crippen molar-refractivity contribution in [2.75, 3.05) is 20.2 Å². The number of likely N-dealkylation sites (tertiary alicyclic amines) is 1. The zero-order valence-corrected chi connectivity index (χ0v) is 23.3. The van der Waals surface area contributed by atoms with Crippen LogP contribution in [0.15, 0.2) is 41.1 Å². The van der Waals surface area contributed by atoms with Crippen LogP contribution in [0.2, 0.25) is 5.02 Å². The summed E-state index contributed by atoms with van der Waals surface area (Å²) >= 11 is 6.51. The first kappa shape index (κ1) is 27.6. The molecule has 1 aromatic carbocycles. The third-order valence-electron chi connectivity index (χ3n) is 8.70. The molecule has 2 fully saturated rings. The number of aliphatic carboxylic acids is 1. The Morgan fingerprint density at radius 1 is 1.13 bits per heavy atom. The number of ether oxygens (including phenoxy) is 1. The molecule has 1 saturated heterocycles. The Bertz CT molecular complexity index is 1280. The van der Waals surface area contributed by atoms with E-state index in [0.29, 0.717) is 79.5 Å². The van der Waals surface area contributed by atoms with Crippen LogP contribution >= 0.6 is 11.6 Å². The number of carboxylic acids is 1. The zero-order chi connectivity index (χ0) is 27.9. The number of benzene rings is 1. The van der Waals surface area contributed by atoms with Crippen LogP contribution in [0, 0.1) is 17.2 Å². The number of carbonyl (C=O) groups is 3. The van der Waals surface area contributed by atoms with Gasteiger partial charge in [0, 0.05) is 18.7 Å². The maximum atomic E-state index is 13.7. The van der Waals surface area contributed by atoms with Crippen molar-refractivity contribution in [3.05, 3.63) is 57.3 Å². The average molecular weight is 554 g/mol.